The Morgan fingerprint density at radius 3 is 2.27 bits per heavy atom. The van der Waals surface area contributed by atoms with Gasteiger partial charge in [0.15, 0.2) is 5.78 Å². The van der Waals surface area contributed by atoms with Crippen LogP contribution < -0.4 is 4.90 Å². The summed E-state index contributed by atoms with van der Waals surface area (Å²) in [5.74, 6) is -2.48. The summed E-state index contributed by atoms with van der Waals surface area (Å²) < 4.78 is 10.2. The fourth-order valence-corrected chi connectivity index (χ4v) is 4.54. The Bertz CT molecular complexity index is 1070. The fourth-order valence-electron chi connectivity index (χ4n) is 4.54. The summed E-state index contributed by atoms with van der Waals surface area (Å²) in [7, 11) is 0. The molecule has 0 bridgehead atoms. The minimum absolute atomic E-state index is 0.0750. The Morgan fingerprint density at radius 2 is 1.67 bits per heavy atom. The van der Waals surface area contributed by atoms with Crippen LogP contribution in [0.15, 0.2) is 12.1 Å². The van der Waals surface area contributed by atoms with Gasteiger partial charge in [-0.25, -0.2) is 9.59 Å². The van der Waals surface area contributed by atoms with Crippen molar-refractivity contribution >= 4 is 40.2 Å². The largest absolute Gasteiger partial charge is 0.464 e. The van der Waals surface area contributed by atoms with Crippen LogP contribution in [0.3, 0.4) is 0 Å². The van der Waals surface area contributed by atoms with Crippen molar-refractivity contribution in [1.29, 1.82) is 0 Å². The monoisotopic (exact) mass is 456 g/mol. The molecule has 8 heteroatoms. The number of nitrogens with one attached hydrogen (secondary N) is 1. The van der Waals surface area contributed by atoms with E-state index in [1.165, 1.54) is 4.90 Å². The number of esters is 2. The first-order chi connectivity index (χ1) is 15.9. The van der Waals surface area contributed by atoms with Gasteiger partial charge in [0.2, 0.25) is 11.9 Å². The van der Waals surface area contributed by atoms with Gasteiger partial charge < -0.3 is 14.5 Å². The molecule has 0 saturated carbocycles. The van der Waals surface area contributed by atoms with Gasteiger partial charge in [-0.1, -0.05) is 13.8 Å². The van der Waals surface area contributed by atoms with Crippen LogP contribution in [0.2, 0.25) is 0 Å². The van der Waals surface area contributed by atoms with Crippen LogP contribution in [0, 0.1) is 0 Å². The highest BCUT2D eigenvalue weighted by Crippen LogP contribution is 2.43. The summed E-state index contributed by atoms with van der Waals surface area (Å²) in [5.41, 5.74) is 3.50. The van der Waals surface area contributed by atoms with Gasteiger partial charge in [-0.3, -0.25) is 14.5 Å². The molecule has 33 heavy (non-hydrogen) atoms. The second kappa shape index (κ2) is 10.2. The Hall–Kier alpha value is -3.16. The van der Waals surface area contributed by atoms with Crippen molar-refractivity contribution in [3.63, 3.8) is 0 Å². The average Bonchev–Trinajstić information content (AvgIpc) is 3.19. The summed E-state index contributed by atoms with van der Waals surface area (Å²) >= 11 is 0. The van der Waals surface area contributed by atoms with Crippen LogP contribution in [0.4, 0.5) is 5.69 Å². The number of aryl methyl sites for hydroxylation is 1. The van der Waals surface area contributed by atoms with E-state index in [-0.39, 0.29) is 24.9 Å². The first kappa shape index (κ1) is 24.5. The number of ketones is 1. The molecule has 4 rings (SSSR count). The van der Waals surface area contributed by atoms with E-state index in [4.69, 9.17) is 9.47 Å². The molecule has 0 fully saturated rings. The molecule has 2 aromatic rings. The highest BCUT2D eigenvalue weighted by molar-refractivity contribution is 6.17. The number of amides is 1. The number of hydrogen-bond donors (Lipinski definition) is 1. The lowest BCUT2D eigenvalue weighted by Gasteiger charge is -2.25. The number of fused-ring (bicyclic) bond motifs is 4. The number of anilines is 1. The highest BCUT2D eigenvalue weighted by atomic mass is 16.6. The number of H-pyrrole nitrogens is 1. The van der Waals surface area contributed by atoms with E-state index in [9.17, 15) is 19.2 Å². The second-order valence-corrected chi connectivity index (χ2v) is 7.90. The number of carbonyl (C=O) groups is 4. The first-order valence-electron chi connectivity index (χ1n) is 11.8. The standard InChI is InChI=1S/C23H26N2O6.C2H6/c1-4-30-22(28)20(23(29)31-5-2)25-17-11-15-13-8-6-7-9-18(26)19(13)24-16(15)10-14(17)12(3)21(25)27;1-2/h10-12,20,24H,4-9H2,1-3H3;1-2H3. The second-order valence-electron chi connectivity index (χ2n) is 7.90. The van der Waals surface area contributed by atoms with Gasteiger partial charge in [0.25, 0.3) is 0 Å². The van der Waals surface area contributed by atoms with Gasteiger partial charge in [0, 0.05) is 23.0 Å². The van der Waals surface area contributed by atoms with Crippen molar-refractivity contribution in [2.24, 2.45) is 0 Å². The zero-order valence-corrected chi connectivity index (χ0v) is 19.9. The predicted molar refractivity (Wildman–Crippen MR) is 124 cm³/mol. The lowest BCUT2D eigenvalue weighted by atomic mass is 9.99. The summed E-state index contributed by atoms with van der Waals surface area (Å²) in [6.07, 6.45) is 3.00. The molecule has 2 heterocycles. The van der Waals surface area contributed by atoms with Crippen molar-refractivity contribution in [3.8, 4) is 0 Å². The van der Waals surface area contributed by atoms with Crippen LogP contribution in [0.5, 0.6) is 0 Å². The van der Waals surface area contributed by atoms with E-state index in [0.717, 1.165) is 35.7 Å². The Kier molecular flexibility index (Phi) is 7.56. The molecular weight excluding hydrogens is 424 g/mol. The van der Waals surface area contributed by atoms with E-state index < -0.39 is 23.9 Å². The summed E-state index contributed by atoms with van der Waals surface area (Å²) in [6, 6.07) is 2.15. The molecule has 1 atom stereocenters. The van der Waals surface area contributed by atoms with Crippen LogP contribution in [0.25, 0.3) is 10.9 Å². The van der Waals surface area contributed by atoms with Crippen molar-refractivity contribution in [1.82, 2.24) is 4.98 Å². The van der Waals surface area contributed by atoms with Gasteiger partial charge in [-0.05, 0) is 63.3 Å². The number of nitrogens with zero attached hydrogens (tertiary/aromatic N) is 1. The minimum Gasteiger partial charge on any atom is -0.464 e. The molecular formula is C25H32N2O6. The molecule has 0 radical (unpaired) electrons. The van der Waals surface area contributed by atoms with E-state index in [0.29, 0.717) is 23.4 Å². The normalized spacial score (nSPS) is 17.3. The molecule has 1 amide bonds. The molecule has 1 aromatic heterocycles. The van der Waals surface area contributed by atoms with Crippen LogP contribution >= 0.6 is 0 Å². The molecule has 2 aliphatic rings. The highest BCUT2D eigenvalue weighted by Gasteiger charge is 2.46. The zero-order chi connectivity index (χ0) is 24.3. The third-order valence-corrected chi connectivity index (χ3v) is 6.02. The quantitative estimate of drug-likeness (QED) is 0.413. The number of Topliss-reactive ketones (excluding diaryl/α,β-unsaturated/α-hetero) is 1. The molecule has 0 saturated heterocycles. The molecule has 1 aliphatic carbocycles. The van der Waals surface area contributed by atoms with Crippen molar-refractivity contribution in [2.75, 3.05) is 18.1 Å². The van der Waals surface area contributed by atoms with Gasteiger partial charge in [-0.2, -0.15) is 0 Å². The number of benzene rings is 1. The molecule has 0 spiro atoms. The zero-order valence-electron chi connectivity index (χ0n) is 19.9. The number of aromatic nitrogens is 1. The van der Waals surface area contributed by atoms with Crippen molar-refractivity contribution in [2.45, 2.75) is 72.3 Å². The van der Waals surface area contributed by atoms with Gasteiger partial charge in [0.05, 0.1) is 24.8 Å². The lowest BCUT2D eigenvalue weighted by molar-refractivity contribution is -0.157. The smallest absolute Gasteiger partial charge is 0.341 e. The van der Waals surface area contributed by atoms with E-state index in [1.807, 2.05) is 26.0 Å². The molecule has 1 N–H and O–H groups in total. The molecule has 1 aliphatic heterocycles. The minimum atomic E-state index is -1.51. The average molecular weight is 457 g/mol. The topological polar surface area (TPSA) is 106 Å². The number of hydrogen-bond acceptors (Lipinski definition) is 6. The van der Waals surface area contributed by atoms with Crippen molar-refractivity contribution < 1.29 is 28.7 Å². The number of ether oxygens (including phenoxy) is 2. The van der Waals surface area contributed by atoms with Gasteiger partial charge in [-0.15, -0.1) is 0 Å². The van der Waals surface area contributed by atoms with Gasteiger partial charge >= 0.3 is 11.9 Å². The SMILES string of the molecule is CC.CCOC(=O)C(C(=O)OCC)N1C(=O)C(C)c2cc3[nH]c4c(c3cc21)CCCCC4=O. The third-order valence-electron chi connectivity index (χ3n) is 6.02. The van der Waals surface area contributed by atoms with Crippen molar-refractivity contribution in [3.05, 3.63) is 29.0 Å². The Balaban J connectivity index is 0.00000149. The maximum absolute atomic E-state index is 13.2. The fraction of sp³-hybridized carbons (Fsp3) is 0.520. The summed E-state index contributed by atoms with van der Waals surface area (Å²) in [5, 5.41) is 0.836. The first-order valence-corrected chi connectivity index (χ1v) is 11.8. The van der Waals surface area contributed by atoms with E-state index in [1.54, 1.807) is 20.8 Å². The van der Waals surface area contributed by atoms with Gasteiger partial charge in [0.1, 0.15) is 0 Å². The van der Waals surface area contributed by atoms with Crippen LogP contribution in [0.1, 0.15) is 81.4 Å². The molecule has 178 valence electrons. The maximum atomic E-state index is 13.2. The number of rotatable bonds is 5. The molecule has 1 unspecified atom stereocenters. The Morgan fingerprint density at radius 1 is 1.06 bits per heavy atom. The lowest BCUT2D eigenvalue weighted by Crippen LogP contribution is -2.50. The van der Waals surface area contributed by atoms with Crippen LogP contribution in [-0.4, -0.2) is 47.9 Å². The molecule has 8 nitrogen and oxygen atoms in total. The molecule has 1 aromatic carbocycles. The number of carbonyl (C=O) groups excluding carboxylic acids is 4. The summed E-state index contributed by atoms with van der Waals surface area (Å²) in [4.78, 5) is 55.5. The van der Waals surface area contributed by atoms with Crippen LogP contribution in [-0.2, 0) is 30.3 Å². The summed E-state index contributed by atoms with van der Waals surface area (Å²) in [6.45, 7) is 9.16. The van der Waals surface area contributed by atoms with E-state index >= 15 is 0 Å². The third kappa shape index (κ3) is 4.26. The Labute approximate surface area is 193 Å². The van der Waals surface area contributed by atoms with E-state index in [2.05, 4.69) is 4.98 Å². The number of aromatic amines is 1. The maximum Gasteiger partial charge on any atom is 0.341 e. The predicted octanol–water partition coefficient (Wildman–Crippen LogP) is 4.05.